The van der Waals surface area contributed by atoms with E-state index in [1.165, 1.54) is 0 Å². The first kappa shape index (κ1) is 14.8. The molecule has 0 unspecified atom stereocenters. The maximum Gasteiger partial charge on any atom is 0.108 e. The molecule has 7 heteroatoms. The second kappa shape index (κ2) is 6.60. The van der Waals surface area contributed by atoms with Gasteiger partial charge in [0.2, 0.25) is 0 Å². The van der Waals surface area contributed by atoms with Gasteiger partial charge in [0.05, 0.1) is 31.5 Å². The number of nitrogens with one attached hydrogen (secondary N) is 1. The maximum absolute atomic E-state index is 9.74. The molecule has 1 aliphatic carbocycles. The summed E-state index contributed by atoms with van der Waals surface area (Å²) in [6, 6.07) is -1.19. The summed E-state index contributed by atoms with van der Waals surface area (Å²) in [5, 5.41) is 58.6. The molecule has 0 amide bonds. The average Bonchev–Trinajstić information content (AvgIpc) is 2.35. The molecule has 7 nitrogen and oxygen atoms in total. The number of hydrogen-bond acceptors (Lipinski definition) is 7. The summed E-state index contributed by atoms with van der Waals surface area (Å²) in [5.74, 6) is -0.538. The number of rotatable bonds is 5. The normalized spacial score (nSPS) is 38.6. The Morgan fingerprint density at radius 1 is 0.941 bits per heavy atom. The van der Waals surface area contributed by atoms with Crippen LogP contribution in [0.25, 0.3) is 0 Å². The first-order valence-corrected chi connectivity index (χ1v) is 5.68. The van der Waals surface area contributed by atoms with E-state index in [0.717, 1.165) is 0 Å². The van der Waals surface area contributed by atoms with E-state index in [1.807, 2.05) is 0 Å². The minimum Gasteiger partial charge on any atom is -0.396 e. The average molecular weight is 251 g/mol. The molecule has 0 heterocycles. The number of aliphatic hydroxyl groups excluding tert-OH is 6. The monoisotopic (exact) mass is 251 g/mol. The molecule has 0 saturated heterocycles. The van der Waals surface area contributed by atoms with Crippen LogP contribution >= 0.6 is 0 Å². The Morgan fingerprint density at radius 2 is 1.53 bits per heavy atom. The van der Waals surface area contributed by atoms with Crippen molar-refractivity contribution in [1.82, 2.24) is 5.32 Å². The highest BCUT2D eigenvalue weighted by molar-refractivity contribution is 4.96. The van der Waals surface area contributed by atoms with Gasteiger partial charge in [-0.2, -0.15) is 0 Å². The van der Waals surface area contributed by atoms with Crippen molar-refractivity contribution in [2.45, 2.75) is 36.8 Å². The van der Waals surface area contributed by atoms with Crippen molar-refractivity contribution >= 4 is 0 Å². The fraction of sp³-hybridized carbons (Fsp3) is 1.00. The van der Waals surface area contributed by atoms with Crippen molar-refractivity contribution < 1.29 is 30.6 Å². The van der Waals surface area contributed by atoms with Crippen molar-refractivity contribution in [1.29, 1.82) is 0 Å². The standard InChI is InChI=1S/C10H21NO6/c12-2-5-1-7(11-6(3-13)4-14)9(16)10(17)8(5)15/h5-17H,1-4H2/t5-,7+,8+,9+,10-/m1/s1. The Balaban J connectivity index is 2.65. The zero-order chi connectivity index (χ0) is 13.0. The van der Waals surface area contributed by atoms with Gasteiger partial charge < -0.3 is 36.0 Å². The van der Waals surface area contributed by atoms with Crippen molar-refractivity contribution in [3.63, 3.8) is 0 Å². The quantitative estimate of drug-likeness (QED) is 0.268. The zero-order valence-corrected chi connectivity index (χ0v) is 9.48. The highest BCUT2D eigenvalue weighted by Crippen LogP contribution is 2.25. The summed E-state index contributed by atoms with van der Waals surface area (Å²) in [5.41, 5.74) is 0. The lowest BCUT2D eigenvalue weighted by Crippen LogP contribution is -2.61. The van der Waals surface area contributed by atoms with E-state index >= 15 is 0 Å². The van der Waals surface area contributed by atoms with Crippen LogP contribution in [0.2, 0.25) is 0 Å². The fourth-order valence-corrected chi connectivity index (χ4v) is 2.14. The first-order valence-electron chi connectivity index (χ1n) is 5.68. The van der Waals surface area contributed by atoms with Crippen LogP contribution in [0, 0.1) is 5.92 Å². The first-order chi connectivity index (χ1) is 8.04. The molecule has 1 fully saturated rings. The molecule has 0 spiro atoms. The summed E-state index contributed by atoms with van der Waals surface area (Å²) in [6.07, 6.45) is -3.47. The van der Waals surface area contributed by atoms with Crippen LogP contribution in [0.15, 0.2) is 0 Å². The lowest BCUT2D eigenvalue weighted by Gasteiger charge is -2.41. The Kier molecular flexibility index (Phi) is 5.74. The van der Waals surface area contributed by atoms with Crippen LogP contribution in [0.3, 0.4) is 0 Å². The third-order valence-electron chi connectivity index (χ3n) is 3.28. The molecule has 0 radical (unpaired) electrons. The maximum atomic E-state index is 9.74. The van der Waals surface area contributed by atoms with Crippen molar-refractivity contribution in [2.75, 3.05) is 19.8 Å². The number of aliphatic hydroxyl groups is 6. The van der Waals surface area contributed by atoms with Gasteiger partial charge in [-0.25, -0.2) is 0 Å². The Morgan fingerprint density at radius 3 is 2.00 bits per heavy atom. The van der Waals surface area contributed by atoms with Crippen molar-refractivity contribution in [3.8, 4) is 0 Å². The lowest BCUT2D eigenvalue weighted by molar-refractivity contribution is -0.132. The van der Waals surface area contributed by atoms with Gasteiger partial charge in [0.1, 0.15) is 6.10 Å². The summed E-state index contributed by atoms with van der Waals surface area (Å²) >= 11 is 0. The molecule has 1 rings (SSSR count). The summed E-state index contributed by atoms with van der Waals surface area (Å²) in [6.45, 7) is -0.906. The SMILES string of the molecule is OCC(CO)N[C@H]1C[C@H](CO)[C@H](O)[C@@H](O)[C@H]1O. The van der Waals surface area contributed by atoms with Crippen LogP contribution < -0.4 is 5.32 Å². The largest absolute Gasteiger partial charge is 0.396 e. The molecule has 1 saturated carbocycles. The Bertz CT molecular complexity index is 221. The van der Waals surface area contributed by atoms with Gasteiger partial charge in [0.15, 0.2) is 0 Å². The second-order valence-electron chi connectivity index (χ2n) is 4.49. The minimum atomic E-state index is -1.35. The molecule has 7 N–H and O–H groups in total. The van der Waals surface area contributed by atoms with Gasteiger partial charge >= 0.3 is 0 Å². The van der Waals surface area contributed by atoms with Crippen molar-refractivity contribution in [2.24, 2.45) is 5.92 Å². The smallest absolute Gasteiger partial charge is 0.108 e. The molecule has 0 bridgehead atoms. The summed E-state index contributed by atoms with van der Waals surface area (Å²) in [4.78, 5) is 0. The molecular formula is C10H21NO6. The topological polar surface area (TPSA) is 133 Å². The van der Waals surface area contributed by atoms with Crippen LogP contribution in [0.5, 0.6) is 0 Å². The van der Waals surface area contributed by atoms with E-state index in [9.17, 15) is 15.3 Å². The molecule has 0 aromatic rings. The Hall–Kier alpha value is -0.280. The third kappa shape index (κ3) is 3.35. The Labute approximate surface area is 99.3 Å². The van der Waals surface area contributed by atoms with Crippen LogP contribution in [0.4, 0.5) is 0 Å². The van der Waals surface area contributed by atoms with E-state index < -0.39 is 36.3 Å². The van der Waals surface area contributed by atoms with Gasteiger partial charge in [0.25, 0.3) is 0 Å². The molecule has 0 aliphatic heterocycles. The van der Waals surface area contributed by atoms with E-state index in [0.29, 0.717) is 0 Å². The van der Waals surface area contributed by atoms with Gasteiger partial charge in [-0.1, -0.05) is 0 Å². The predicted octanol–water partition coefficient (Wildman–Crippen LogP) is -3.61. The molecule has 1 aliphatic rings. The van der Waals surface area contributed by atoms with Gasteiger partial charge in [-0.3, -0.25) is 0 Å². The van der Waals surface area contributed by atoms with E-state index in [1.54, 1.807) is 0 Å². The molecule has 17 heavy (non-hydrogen) atoms. The highest BCUT2D eigenvalue weighted by Gasteiger charge is 2.42. The fourth-order valence-electron chi connectivity index (χ4n) is 2.14. The van der Waals surface area contributed by atoms with Crippen molar-refractivity contribution in [3.05, 3.63) is 0 Å². The molecule has 102 valence electrons. The molecule has 0 aromatic carbocycles. The zero-order valence-electron chi connectivity index (χ0n) is 9.48. The molecular weight excluding hydrogens is 230 g/mol. The van der Waals surface area contributed by atoms with Gasteiger partial charge in [0, 0.05) is 18.6 Å². The third-order valence-corrected chi connectivity index (χ3v) is 3.28. The molecule has 0 aromatic heterocycles. The van der Waals surface area contributed by atoms with E-state index in [-0.39, 0.29) is 26.2 Å². The van der Waals surface area contributed by atoms with E-state index in [4.69, 9.17) is 15.3 Å². The summed E-state index contributed by atoms with van der Waals surface area (Å²) in [7, 11) is 0. The van der Waals surface area contributed by atoms with Gasteiger partial charge in [-0.15, -0.1) is 0 Å². The number of hydrogen-bond donors (Lipinski definition) is 7. The van der Waals surface area contributed by atoms with Crippen LogP contribution in [-0.2, 0) is 0 Å². The van der Waals surface area contributed by atoms with E-state index in [2.05, 4.69) is 5.32 Å². The second-order valence-corrected chi connectivity index (χ2v) is 4.49. The summed E-state index contributed by atoms with van der Waals surface area (Å²) < 4.78 is 0. The highest BCUT2D eigenvalue weighted by atomic mass is 16.4. The van der Waals surface area contributed by atoms with Crippen LogP contribution in [-0.4, -0.2) is 80.9 Å². The van der Waals surface area contributed by atoms with Gasteiger partial charge in [-0.05, 0) is 6.42 Å². The lowest BCUT2D eigenvalue weighted by atomic mass is 9.79. The predicted molar refractivity (Wildman–Crippen MR) is 58.1 cm³/mol. The molecule has 5 atom stereocenters. The minimum absolute atomic E-state index is 0.256. The van der Waals surface area contributed by atoms with Crippen LogP contribution in [0.1, 0.15) is 6.42 Å².